The topological polar surface area (TPSA) is 29.5 Å². The second-order valence-electron chi connectivity index (χ2n) is 7.77. The zero-order valence-electron chi connectivity index (χ0n) is 16.5. The Morgan fingerprint density at radius 3 is 2.80 bits per heavy atom. The highest BCUT2D eigenvalue weighted by molar-refractivity contribution is 5.67. The van der Waals surface area contributed by atoms with E-state index in [0.29, 0.717) is 18.1 Å². The number of methoxy groups -OCH3 is 1. The van der Waals surface area contributed by atoms with E-state index in [2.05, 4.69) is 44.4 Å². The van der Waals surface area contributed by atoms with Gasteiger partial charge in [-0.1, -0.05) is 31.2 Å². The molecular formula is C22H35NO2. The van der Waals surface area contributed by atoms with E-state index in [9.17, 15) is 4.79 Å². The number of rotatable bonds is 8. The molecule has 1 saturated carbocycles. The quantitative estimate of drug-likeness (QED) is 0.356. The molecule has 0 radical (unpaired) electrons. The normalized spacial score (nSPS) is 33.8. The lowest BCUT2D eigenvalue weighted by Crippen LogP contribution is -2.40. The Balaban J connectivity index is 2.29. The van der Waals surface area contributed by atoms with Gasteiger partial charge in [-0.25, -0.2) is 0 Å². The number of likely N-dealkylation sites (tertiary alicyclic amines) is 1. The summed E-state index contributed by atoms with van der Waals surface area (Å²) >= 11 is 0. The highest BCUT2D eigenvalue weighted by atomic mass is 16.5. The molecule has 3 nitrogen and oxygen atoms in total. The Kier molecular flexibility index (Phi) is 7.06. The molecule has 0 aromatic rings. The van der Waals surface area contributed by atoms with E-state index in [-0.39, 0.29) is 5.41 Å². The van der Waals surface area contributed by atoms with E-state index in [0.717, 1.165) is 51.4 Å². The molecule has 0 aromatic carbocycles. The van der Waals surface area contributed by atoms with Gasteiger partial charge in [0.15, 0.2) is 0 Å². The van der Waals surface area contributed by atoms with Gasteiger partial charge in [0.1, 0.15) is 6.29 Å². The van der Waals surface area contributed by atoms with Crippen LogP contribution in [0.25, 0.3) is 0 Å². The molecular weight excluding hydrogens is 310 g/mol. The van der Waals surface area contributed by atoms with E-state index in [1.165, 1.54) is 11.3 Å². The molecule has 4 atom stereocenters. The van der Waals surface area contributed by atoms with Crippen molar-refractivity contribution in [3.05, 3.63) is 36.1 Å². The van der Waals surface area contributed by atoms with Gasteiger partial charge in [0.05, 0.1) is 6.10 Å². The van der Waals surface area contributed by atoms with Crippen LogP contribution < -0.4 is 0 Å². The van der Waals surface area contributed by atoms with E-state index >= 15 is 0 Å². The molecule has 3 heteroatoms. The molecule has 1 aliphatic carbocycles. The van der Waals surface area contributed by atoms with Crippen molar-refractivity contribution in [3.8, 4) is 0 Å². The second kappa shape index (κ2) is 8.84. The van der Waals surface area contributed by atoms with Crippen LogP contribution in [-0.4, -0.2) is 37.0 Å². The molecule has 0 N–H and O–H groups in total. The molecule has 0 amide bonds. The second-order valence-corrected chi connectivity index (χ2v) is 7.77. The van der Waals surface area contributed by atoms with Gasteiger partial charge in [-0.05, 0) is 64.4 Å². The number of nitrogens with zero attached hydrogens (tertiary/aromatic N) is 1. The van der Waals surface area contributed by atoms with Crippen LogP contribution in [0.5, 0.6) is 0 Å². The van der Waals surface area contributed by atoms with Crippen LogP contribution in [0.15, 0.2) is 36.1 Å². The lowest BCUT2D eigenvalue weighted by Gasteiger charge is -2.39. The van der Waals surface area contributed by atoms with E-state index in [1.54, 1.807) is 0 Å². The lowest BCUT2D eigenvalue weighted by atomic mass is 9.66. The Labute approximate surface area is 153 Å². The minimum absolute atomic E-state index is 0.0220. The lowest BCUT2D eigenvalue weighted by molar-refractivity contribution is -0.104. The number of hydrogen-bond acceptors (Lipinski definition) is 3. The van der Waals surface area contributed by atoms with Crippen molar-refractivity contribution in [1.82, 2.24) is 4.90 Å². The smallest absolute Gasteiger partial charge is 0.144 e. The van der Waals surface area contributed by atoms with Crippen molar-refractivity contribution >= 4 is 6.29 Å². The first-order valence-electron chi connectivity index (χ1n) is 9.74. The highest BCUT2D eigenvalue weighted by Gasteiger charge is 2.54. The summed E-state index contributed by atoms with van der Waals surface area (Å²) < 4.78 is 5.70. The summed E-state index contributed by atoms with van der Waals surface area (Å²) in [6.07, 6.45) is 13.8. The first-order valence-corrected chi connectivity index (χ1v) is 9.74. The molecule has 0 bridgehead atoms. The zero-order chi connectivity index (χ0) is 18.4. The largest absolute Gasteiger partial charge is 0.381 e. The number of hydrogen-bond donors (Lipinski definition) is 0. The van der Waals surface area contributed by atoms with Crippen LogP contribution >= 0.6 is 0 Å². The molecule has 1 heterocycles. The Bertz CT molecular complexity index is 536. The fraction of sp³-hybridized carbons (Fsp3) is 0.682. The Morgan fingerprint density at radius 1 is 1.44 bits per heavy atom. The number of ether oxygens (including phenoxy) is 1. The molecule has 4 unspecified atom stereocenters. The SMILES string of the molecule is C=C(CC/C=C\C)CC1(C)/C(=C/C=O)N(CC)C2CCC(OC)CC21. The number of allylic oxidation sites excluding steroid dienone is 5. The van der Waals surface area contributed by atoms with Crippen LogP contribution in [0.4, 0.5) is 0 Å². The third-order valence-corrected chi connectivity index (χ3v) is 6.30. The Hall–Kier alpha value is -1.35. The van der Waals surface area contributed by atoms with Gasteiger partial charge in [-0.15, -0.1) is 0 Å². The first kappa shape index (κ1) is 20.0. The van der Waals surface area contributed by atoms with Gasteiger partial charge in [0.2, 0.25) is 0 Å². The van der Waals surface area contributed by atoms with E-state index < -0.39 is 0 Å². The summed E-state index contributed by atoms with van der Waals surface area (Å²) in [6, 6.07) is 0.524. The molecule has 140 valence electrons. The average Bonchev–Trinajstić information content (AvgIpc) is 2.83. The maximum Gasteiger partial charge on any atom is 0.144 e. The molecule has 1 aliphatic heterocycles. The first-order chi connectivity index (χ1) is 12.0. The summed E-state index contributed by atoms with van der Waals surface area (Å²) in [6.45, 7) is 11.9. The number of carbonyl (C=O) groups is 1. The molecule has 25 heavy (non-hydrogen) atoms. The van der Waals surface area contributed by atoms with Gasteiger partial charge in [0, 0.05) is 30.8 Å². The summed E-state index contributed by atoms with van der Waals surface area (Å²) in [5.41, 5.74) is 2.48. The van der Waals surface area contributed by atoms with Crippen molar-refractivity contribution in [3.63, 3.8) is 0 Å². The number of aldehydes is 1. The monoisotopic (exact) mass is 345 g/mol. The van der Waals surface area contributed by atoms with Gasteiger partial charge >= 0.3 is 0 Å². The minimum Gasteiger partial charge on any atom is -0.381 e. The summed E-state index contributed by atoms with van der Waals surface area (Å²) in [5, 5.41) is 0. The predicted octanol–water partition coefficient (Wildman–Crippen LogP) is 4.90. The minimum atomic E-state index is -0.0220. The molecule has 2 rings (SSSR count). The average molecular weight is 346 g/mol. The van der Waals surface area contributed by atoms with Crippen LogP contribution in [-0.2, 0) is 9.53 Å². The highest BCUT2D eigenvalue weighted by Crippen LogP contribution is 2.56. The van der Waals surface area contributed by atoms with Crippen LogP contribution in [0.1, 0.15) is 59.3 Å². The molecule has 0 spiro atoms. The van der Waals surface area contributed by atoms with Crippen molar-refractivity contribution in [2.75, 3.05) is 13.7 Å². The number of carbonyl (C=O) groups excluding carboxylic acids is 1. The maximum atomic E-state index is 11.4. The fourth-order valence-corrected chi connectivity index (χ4v) is 5.12. The fourth-order valence-electron chi connectivity index (χ4n) is 5.12. The third kappa shape index (κ3) is 4.08. The van der Waals surface area contributed by atoms with Crippen molar-refractivity contribution < 1.29 is 9.53 Å². The molecule has 2 fully saturated rings. The predicted molar refractivity (Wildman–Crippen MR) is 104 cm³/mol. The van der Waals surface area contributed by atoms with Crippen LogP contribution in [0.3, 0.4) is 0 Å². The number of fused-ring (bicyclic) bond motifs is 1. The van der Waals surface area contributed by atoms with Crippen LogP contribution in [0, 0.1) is 11.3 Å². The van der Waals surface area contributed by atoms with Crippen molar-refractivity contribution in [1.29, 1.82) is 0 Å². The van der Waals surface area contributed by atoms with Gasteiger partial charge < -0.3 is 9.64 Å². The van der Waals surface area contributed by atoms with Gasteiger partial charge in [-0.2, -0.15) is 0 Å². The van der Waals surface area contributed by atoms with E-state index in [4.69, 9.17) is 4.74 Å². The molecule has 0 aromatic heterocycles. The summed E-state index contributed by atoms with van der Waals surface area (Å²) in [4.78, 5) is 13.8. The molecule has 2 aliphatic rings. The zero-order valence-corrected chi connectivity index (χ0v) is 16.5. The third-order valence-electron chi connectivity index (χ3n) is 6.30. The summed E-state index contributed by atoms with van der Waals surface area (Å²) in [7, 11) is 1.83. The van der Waals surface area contributed by atoms with Gasteiger partial charge in [-0.3, -0.25) is 4.79 Å². The van der Waals surface area contributed by atoms with Crippen molar-refractivity contribution in [2.45, 2.75) is 71.4 Å². The Morgan fingerprint density at radius 2 is 2.20 bits per heavy atom. The van der Waals surface area contributed by atoms with Crippen molar-refractivity contribution in [2.24, 2.45) is 11.3 Å². The maximum absolute atomic E-state index is 11.4. The van der Waals surface area contributed by atoms with Crippen LogP contribution in [0.2, 0.25) is 0 Å². The van der Waals surface area contributed by atoms with Gasteiger partial charge in [0.25, 0.3) is 0 Å². The van der Waals surface area contributed by atoms with E-state index in [1.807, 2.05) is 13.2 Å². The molecule has 1 saturated heterocycles. The summed E-state index contributed by atoms with van der Waals surface area (Å²) in [5.74, 6) is 0.524. The standard InChI is InChI=1S/C22H35NO2/c1-6-8-9-10-17(3)16-22(4)19-15-18(25-5)11-12-20(19)23(7-2)21(22)13-14-24/h6,8,13-14,18-20H,3,7,9-12,15-16H2,1-2,4-5H3/b8-6-,21-13-.